The van der Waals surface area contributed by atoms with Crippen molar-refractivity contribution in [3.8, 4) is 5.88 Å². The number of aryl methyl sites for hydroxylation is 1. The highest BCUT2D eigenvalue weighted by molar-refractivity contribution is 5.32. The van der Waals surface area contributed by atoms with Crippen LogP contribution in [0.1, 0.15) is 5.56 Å². The van der Waals surface area contributed by atoms with Crippen LogP contribution in [-0.4, -0.2) is 19.5 Å². The molecule has 4 heteroatoms. The maximum absolute atomic E-state index is 8.98. The molecule has 0 aliphatic heterocycles. The summed E-state index contributed by atoms with van der Waals surface area (Å²) in [4.78, 5) is 7.76. The first-order valence-corrected chi connectivity index (χ1v) is 3.26. The van der Waals surface area contributed by atoms with Crippen LogP contribution in [0.3, 0.4) is 0 Å². The predicted molar refractivity (Wildman–Crippen MR) is 39.4 cm³/mol. The summed E-state index contributed by atoms with van der Waals surface area (Å²) in [5.74, 6) is 0.524. The molecule has 0 bridgehead atoms. The third-order valence-electron chi connectivity index (χ3n) is 1.43. The summed E-state index contributed by atoms with van der Waals surface area (Å²) >= 11 is 0. The highest BCUT2D eigenvalue weighted by Gasteiger charge is 1.98. The average molecular weight is 149 g/mol. The Morgan fingerprint density at radius 3 is 3.09 bits per heavy atom. The van der Waals surface area contributed by atoms with Crippen LogP contribution in [0.2, 0.25) is 0 Å². The van der Waals surface area contributed by atoms with Crippen molar-refractivity contribution in [2.75, 3.05) is 0 Å². The number of rotatable bonds is 0. The van der Waals surface area contributed by atoms with E-state index in [2.05, 4.69) is 9.97 Å². The second kappa shape index (κ2) is 1.95. The Morgan fingerprint density at radius 2 is 2.27 bits per heavy atom. The van der Waals surface area contributed by atoms with E-state index in [1.165, 1.54) is 6.20 Å². The zero-order valence-corrected chi connectivity index (χ0v) is 6.02. The molecule has 0 fully saturated rings. The number of imidazole rings is 1. The van der Waals surface area contributed by atoms with E-state index >= 15 is 0 Å². The van der Waals surface area contributed by atoms with Crippen LogP contribution in [0.15, 0.2) is 18.6 Å². The van der Waals surface area contributed by atoms with Gasteiger partial charge >= 0.3 is 0 Å². The lowest BCUT2D eigenvalue weighted by molar-refractivity contribution is 0.457. The lowest BCUT2D eigenvalue weighted by Crippen LogP contribution is -1.87. The molecule has 1 N–H and O–H groups in total. The number of hydrogen-bond donors (Lipinski definition) is 1. The Morgan fingerprint density at radius 1 is 1.45 bits per heavy atom. The van der Waals surface area contributed by atoms with Crippen molar-refractivity contribution >= 4 is 5.78 Å². The zero-order chi connectivity index (χ0) is 7.84. The van der Waals surface area contributed by atoms with Gasteiger partial charge in [-0.3, -0.25) is 4.40 Å². The third-order valence-corrected chi connectivity index (χ3v) is 1.43. The molecule has 11 heavy (non-hydrogen) atoms. The van der Waals surface area contributed by atoms with Gasteiger partial charge in [-0.15, -0.1) is 0 Å². The van der Waals surface area contributed by atoms with E-state index in [0.717, 1.165) is 5.56 Å². The second-order valence-electron chi connectivity index (χ2n) is 2.44. The third kappa shape index (κ3) is 0.920. The molecule has 0 aliphatic carbocycles. The summed E-state index contributed by atoms with van der Waals surface area (Å²) in [7, 11) is 0. The van der Waals surface area contributed by atoms with Crippen LogP contribution in [0.25, 0.3) is 5.78 Å². The Kier molecular flexibility index (Phi) is 1.09. The van der Waals surface area contributed by atoms with Crippen LogP contribution in [-0.2, 0) is 0 Å². The number of hydrogen-bond acceptors (Lipinski definition) is 3. The smallest absolute Gasteiger partial charge is 0.237 e. The van der Waals surface area contributed by atoms with Gasteiger partial charge in [0.2, 0.25) is 11.7 Å². The number of fused-ring (bicyclic) bond motifs is 1. The zero-order valence-electron chi connectivity index (χ0n) is 6.02. The van der Waals surface area contributed by atoms with Crippen molar-refractivity contribution in [1.82, 2.24) is 14.4 Å². The lowest BCUT2D eigenvalue weighted by atomic mass is 10.4. The van der Waals surface area contributed by atoms with Crippen LogP contribution in [0.4, 0.5) is 0 Å². The van der Waals surface area contributed by atoms with Crippen LogP contribution < -0.4 is 0 Å². The predicted octanol–water partition coefficient (Wildman–Crippen LogP) is 0.743. The van der Waals surface area contributed by atoms with Gasteiger partial charge in [-0.05, 0) is 12.5 Å². The van der Waals surface area contributed by atoms with Gasteiger partial charge in [0.25, 0.3) is 0 Å². The van der Waals surface area contributed by atoms with Gasteiger partial charge in [0.1, 0.15) is 0 Å². The van der Waals surface area contributed by atoms with Crippen LogP contribution in [0.5, 0.6) is 5.88 Å². The van der Waals surface area contributed by atoms with E-state index in [1.807, 2.05) is 13.1 Å². The highest BCUT2D eigenvalue weighted by atomic mass is 16.3. The number of aromatic nitrogens is 3. The van der Waals surface area contributed by atoms with E-state index in [4.69, 9.17) is 5.11 Å². The lowest BCUT2D eigenvalue weighted by Gasteiger charge is -1.91. The standard InChI is InChI=1S/C7H7N3O/c1-5-2-8-7-9-6(11)4-10(7)3-5/h2-4,11H,1H3. The largest absolute Gasteiger partial charge is 0.492 e. The van der Waals surface area contributed by atoms with Crippen molar-refractivity contribution in [2.24, 2.45) is 0 Å². The van der Waals surface area contributed by atoms with Gasteiger partial charge in [0, 0.05) is 12.4 Å². The maximum Gasteiger partial charge on any atom is 0.237 e. The summed E-state index contributed by atoms with van der Waals surface area (Å²) in [6, 6.07) is 0. The van der Waals surface area contributed by atoms with E-state index in [-0.39, 0.29) is 5.88 Å². The summed E-state index contributed by atoms with van der Waals surface area (Å²) < 4.78 is 1.69. The molecule has 0 aliphatic rings. The fourth-order valence-electron chi connectivity index (χ4n) is 0.974. The summed E-state index contributed by atoms with van der Waals surface area (Å²) in [5, 5.41) is 8.98. The summed E-state index contributed by atoms with van der Waals surface area (Å²) in [5.41, 5.74) is 1.04. The van der Waals surface area contributed by atoms with Gasteiger partial charge in [-0.25, -0.2) is 4.98 Å². The first-order chi connectivity index (χ1) is 5.25. The summed E-state index contributed by atoms with van der Waals surface area (Å²) in [6.07, 6.45) is 5.09. The van der Waals surface area contributed by atoms with Crippen molar-refractivity contribution in [2.45, 2.75) is 6.92 Å². The molecule has 0 aromatic carbocycles. The normalized spacial score (nSPS) is 10.6. The number of nitrogens with zero attached hydrogens (tertiary/aromatic N) is 3. The van der Waals surface area contributed by atoms with E-state index in [9.17, 15) is 0 Å². The minimum absolute atomic E-state index is 0.00287. The topological polar surface area (TPSA) is 50.4 Å². The van der Waals surface area contributed by atoms with Crippen molar-refractivity contribution in [3.05, 3.63) is 24.2 Å². The molecule has 0 amide bonds. The minimum atomic E-state index is 0.00287. The summed E-state index contributed by atoms with van der Waals surface area (Å²) in [6.45, 7) is 1.93. The van der Waals surface area contributed by atoms with Gasteiger partial charge < -0.3 is 5.11 Å². The fraction of sp³-hybridized carbons (Fsp3) is 0.143. The van der Waals surface area contributed by atoms with E-state index < -0.39 is 0 Å². The molecule has 2 aromatic heterocycles. The highest BCUT2D eigenvalue weighted by Crippen LogP contribution is 2.07. The SMILES string of the molecule is Cc1cnc2nc(O)cn2c1. The van der Waals surface area contributed by atoms with Gasteiger partial charge in [0.05, 0.1) is 6.20 Å². The first kappa shape index (κ1) is 6.15. The first-order valence-electron chi connectivity index (χ1n) is 3.26. The molecule has 2 heterocycles. The monoisotopic (exact) mass is 149 g/mol. The molecule has 0 radical (unpaired) electrons. The molecule has 0 spiro atoms. The van der Waals surface area contributed by atoms with Crippen molar-refractivity contribution < 1.29 is 5.11 Å². The van der Waals surface area contributed by atoms with Crippen LogP contribution in [0, 0.1) is 6.92 Å². The quantitative estimate of drug-likeness (QED) is 0.601. The Labute approximate surface area is 63.1 Å². The molecule has 56 valence electrons. The number of aromatic hydroxyl groups is 1. The Hall–Kier alpha value is -1.58. The van der Waals surface area contributed by atoms with E-state index in [0.29, 0.717) is 5.78 Å². The maximum atomic E-state index is 8.98. The van der Waals surface area contributed by atoms with Crippen molar-refractivity contribution in [3.63, 3.8) is 0 Å². The molecule has 4 nitrogen and oxygen atoms in total. The molecular formula is C7H7N3O. The van der Waals surface area contributed by atoms with Gasteiger partial charge in [-0.2, -0.15) is 4.98 Å². The molecule has 0 atom stereocenters. The van der Waals surface area contributed by atoms with Crippen molar-refractivity contribution in [1.29, 1.82) is 0 Å². The molecule has 0 unspecified atom stereocenters. The average Bonchev–Trinajstić information content (AvgIpc) is 2.27. The second-order valence-corrected chi connectivity index (χ2v) is 2.44. The van der Waals surface area contributed by atoms with Gasteiger partial charge in [-0.1, -0.05) is 0 Å². The molecule has 0 saturated carbocycles. The Bertz CT molecular complexity index is 393. The molecule has 0 saturated heterocycles. The molecular weight excluding hydrogens is 142 g/mol. The van der Waals surface area contributed by atoms with Crippen LogP contribution >= 0.6 is 0 Å². The molecule has 2 aromatic rings. The minimum Gasteiger partial charge on any atom is -0.492 e. The molecule has 2 rings (SSSR count). The van der Waals surface area contributed by atoms with E-state index in [1.54, 1.807) is 10.6 Å². The Balaban J connectivity index is 2.82. The van der Waals surface area contributed by atoms with Gasteiger partial charge in [0.15, 0.2) is 0 Å². The fourth-order valence-corrected chi connectivity index (χ4v) is 0.974.